The van der Waals surface area contributed by atoms with Crippen LogP contribution in [0.5, 0.6) is 0 Å². The summed E-state index contributed by atoms with van der Waals surface area (Å²) in [6.45, 7) is 0.331. The Bertz CT molecular complexity index is 796. The van der Waals surface area contributed by atoms with Crippen molar-refractivity contribution in [2.75, 3.05) is 0 Å². The van der Waals surface area contributed by atoms with Gasteiger partial charge in [-0.05, 0) is 5.10 Å². The number of nitrogens with zero attached hydrogens (tertiary/aromatic N) is 6. The van der Waals surface area contributed by atoms with Gasteiger partial charge in [0.1, 0.15) is 12.6 Å². The van der Waals surface area contributed by atoms with Gasteiger partial charge in [0.15, 0.2) is 24.2 Å². The molecule has 0 aliphatic rings. The third-order valence-corrected chi connectivity index (χ3v) is 3.06. The maximum absolute atomic E-state index is 10.5. The van der Waals surface area contributed by atoms with E-state index in [-0.39, 0.29) is 6.42 Å². The van der Waals surface area contributed by atoms with E-state index in [0.29, 0.717) is 12.4 Å². The van der Waals surface area contributed by atoms with E-state index in [1.165, 1.54) is 0 Å². The molecule has 0 radical (unpaired) electrons. The molecule has 0 saturated heterocycles. The molecule has 21 heavy (non-hydrogen) atoms. The Labute approximate surface area is 119 Å². The predicted octanol–water partition coefficient (Wildman–Crippen LogP) is 0.187. The lowest BCUT2D eigenvalue weighted by molar-refractivity contribution is -0.752. The highest BCUT2D eigenvalue weighted by atomic mass is 16.4. The van der Waals surface area contributed by atoms with Crippen molar-refractivity contribution in [3.05, 3.63) is 30.9 Å². The van der Waals surface area contributed by atoms with Crippen LogP contribution in [0.1, 0.15) is 6.42 Å². The molecule has 0 aliphatic carbocycles. The fourth-order valence-corrected chi connectivity index (χ4v) is 1.93. The topological polar surface area (TPSA) is 97.7 Å². The van der Waals surface area contributed by atoms with E-state index < -0.39 is 5.97 Å². The molecule has 3 heterocycles. The summed E-state index contributed by atoms with van der Waals surface area (Å²) in [5.41, 5.74) is 1.52. The summed E-state index contributed by atoms with van der Waals surface area (Å²) in [5.74, 6) is -0.289. The number of fused-ring (bicyclic) bond motifs is 1. The number of carbonyl (C=O) groups is 1. The average Bonchev–Trinajstić information content (AvgIpc) is 2.87. The van der Waals surface area contributed by atoms with Crippen LogP contribution in [0.2, 0.25) is 0 Å². The quantitative estimate of drug-likeness (QED) is 0.687. The van der Waals surface area contributed by atoms with E-state index in [4.69, 9.17) is 5.11 Å². The van der Waals surface area contributed by atoms with Crippen molar-refractivity contribution in [2.24, 2.45) is 7.05 Å². The number of aromatic nitrogens is 6. The molecular weight excluding hydrogens is 272 g/mol. The first kappa shape index (κ1) is 13.1. The molecule has 3 aromatic heterocycles. The molecule has 0 unspecified atom stereocenters. The summed E-state index contributed by atoms with van der Waals surface area (Å²) in [4.78, 5) is 19.3. The summed E-state index contributed by atoms with van der Waals surface area (Å²) in [6.07, 6.45) is 6.81. The molecule has 0 atom stereocenters. The number of hydrogen-bond acceptors (Lipinski definition) is 5. The van der Waals surface area contributed by atoms with Crippen molar-refractivity contribution >= 4 is 17.0 Å². The predicted molar refractivity (Wildman–Crippen MR) is 72.0 cm³/mol. The molecule has 0 aliphatic heterocycles. The fourth-order valence-electron chi connectivity index (χ4n) is 1.93. The Hall–Kier alpha value is -2.90. The summed E-state index contributed by atoms with van der Waals surface area (Å²) >= 11 is 0. The number of carboxylic acids is 1. The lowest BCUT2D eigenvalue weighted by Gasteiger charge is -1.99. The maximum atomic E-state index is 10.5. The SMILES string of the molecule is Cn1ncc2cnc(-c3cc[n+](CCC(=O)O)nc3)nc21. The minimum Gasteiger partial charge on any atom is -0.481 e. The molecule has 8 heteroatoms. The molecule has 0 aromatic carbocycles. The van der Waals surface area contributed by atoms with Crippen molar-refractivity contribution in [3.8, 4) is 11.4 Å². The van der Waals surface area contributed by atoms with E-state index in [2.05, 4.69) is 20.2 Å². The summed E-state index contributed by atoms with van der Waals surface area (Å²) < 4.78 is 3.25. The van der Waals surface area contributed by atoms with Gasteiger partial charge in [0.2, 0.25) is 0 Å². The molecule has 0 amide bonds. The lowest BCUT2D eigenvalue weighted by atomic mass is 10.3. The van der Waals surface area contributed by atoms with Crippen LogP contribution in [-0.4, -0.2) is 35.9 Å². The molecule has 0 fully saturated rings. The first-order chi connectivity index (χ1) is 10.1. The van der Waals surface area contributed by atoms with Crippen LogP contribution in [0, 0.1) is 0 Å². The van der Waals surface area contributed by atoms with Gasteiger partial charge in [-0.3, -0.25) is 9.48 Å². The fraction of sp³-hybridized carbons (Fsp3) is 0.231. The molecular formula is C13H13N6O2+. The minimum absolute atomic E-state index is 0.0362. The molecule has 106 valence electrons. The van der Waals surface area contributed by atoms with Gasteiger partial charge in [-0.2, -0.15) is 5.10 Å². The molecule has 1 N–H and O–H groups in total. The molecule has 3 aromatic rings. The van der Waals surface area contributed by atoms with Gasteiger partial charge in [-0.15, -0.1) is 0 Å². The summed E-state index contributed by atoms with van der Waals surface area (Å²) in [5, 5.41) is 17.8. The first-order valence-electron chi connectivity index (χ1n) is 6.36. The second-order valence-electron chi connectivity index (χ2n) is 4.56. The Balaban J connectivity index is 1.87. The van der Waals surface area contributed by atoms with E-state index >= 15 is 0 Å². The second-order valence-corrected chi connectivity index (χ2v) is 4.56. The van der Waals surface area contributed by atoms with Crippen LogP contribution in [0.3, 0.4) is 0 Å². The van der Waals surface area contributed by atoms with Gasteiger partial charge in [0.25, 0.3) is 0 Å². The smallest absolute Gasteiger partial charge is 0.309 e. The van der Waals surface area contributed by atoms with Gasteiger partial charge in [0, 0.05) is 24.9 Å². The van der Waals surface area contributed by atoms with Crippen molar-refractivity contribution in [1.29, 1.82) is 0 Å². The molecule has 8 nitrogen and oxygen atoms in total. The molecule has 0 bridgehead atoms. The van der Waals surface area contributed by atoms with Gasteiger partial charge < -0.3 is 5.11 Å². The average molecular weight is 285 g/mol. The van der Waals surface area contributed by atoms with Crippen LogP contribution in [0.15, 0.2) is 30.9 Å². The van der Waals surface area contributed by atoms with Crippen molar-refractivity contribution in [1.82, 2.24) is 24.8 Å². The van der Waals surface area contributed by atoms with Gasteiger partial charge in [-0.25, -0.2) is 9.97 Å². The third kappa shape index (κ3) is 2.69. The van der Waals surface area contributed by atoms with E-state index in [1.807, 2.05) is 13.1 Å². The first-order valence-corrected chi connectivity index (χ1v) is 6.36. The zero-order valence-corrected chi connectivity index (χ0v) is 11.3. The Morgan fingerprint density at radius 2 is 2.24 bits per heavy atom. The van der Waals surface area contributed by atoms with Crippen molar-refractivity contribution in [2.45, 2.75) is 13.0 Å². The number of aryl methyl sites for hydroxylation is 2. The standard InChI is InChI=1S/C13H12N6O2/c1-18-13-10(8-15-18)6-14-12(17-13)9-2-4-19(16-7-9)5-3-11(20)21/h2,4,6-8H,3,5H2,1H3/p+1. The van der Waals surface area contributed by atoms with E-state index in [1.54, 1.807) is 34.2 Å². The molecule has 3 rings (SSSR count). The normalized spacial score (nSPS) is 10.9. The number of aliphatic carboxylic acids is 1. The highest BCUT2D eigenvalue weighted by molar-refractivity contribution is 5.75. The number of carboxylic acid groups (broad SMARTS) is 1. The van der Waals surface area contributed by atoms with Gasteiger partial charge >= 0.3 is 5.97 Å². The minimum atomic E-state index is -0.849. The van der Waals surface area contributed by atoms with Crippen molar-refractivity contribution in [3.63, 3.8) is 0 Å². The lowest BCUT2D eigenvalue weighted by Crippen LogP contribution is -2.38. The van der Waals surface area contributed by atoms with Gasteiger partial charge in [0.05, 0.1) is 11.6 Å². The van der Waals surface area contributed by atoms with E-state index in [9.17, 15) is 4.79 Å². The monoisotopic (exact) mass is 285 g/mol. The Morgan fingerprint density at radius 1 is 1.38 bits per heavy atom. The van der Waals surface area contributed by atoms with Crippen LogP contribution < -0.4 is 4.68 Å². The third-order valence-electron chi connectivity index (χ3n) is 3.06. The largest absolute Gasteiger partial charge is 0.481 e. The second kappa shape index (κ2) is 5.23. The summed E-state index contributed by atoms with van der Waals surface area (Å²) in [6, 6.07) is 1.81. The van der Waals surface area contributed by atoms with E-state index in [0.717, 1.165) is 16.6 Å². The van der Waals surface area contributed by atoms with Crippen molar-refractivity contribution < 1.29 is 14.6 Å². The Morgan fingerprint density at radius 3 is 2.95 bits per heavy atom. The highest BCUT2D eigenvalue weighted by Crippen LogP contribution is 2.15. The number of rotatable bonds is 4. The van der Waals surface area contributed by atoms with Gasteiger partial charge in [-0.1, -0.05) is 4.68 Å². The van der Waals surface area contributed by atoms with Crippen LogP contribution in [-0.2, 0) is 18.4 Å². The summed E-state index contributed by atoms with van der Waals surface area (Å²) in [7, 11) is 1.82. The zero-order valence-electron chi connectivity index (χ0n) is 11.3. The molecule has 0 spiro atoms. The zero-order chi connectivity index (χ0) is 14.8. The maximum Gasteiger partial charge on any atom is 0.309 e. The van der Waals surface area contributed by atoms with Crippen LogP contribution >= 0.6 is 0 Å². The van der Waals surface area contributed by atoms with Crippen LogP contribution in [0.25, 0.3) is 22.4 Å². The Kier molecular flexibility index (Phi) is 3.27. The van der Waals surface area contributed by atoms with Crippen LogP contribution in [0.4, 0.5) is 0 Å². The molecule has 0 saturated carbocycles. The number of hydrogen-bond donors (Lipinski definition) is 1. The highest BCUT2D eigenvalue weighted by Gasteiger charge is 2.10.